The average Bonchev–Trinajstić information content (AvgIpc) is 3.28. The molecule has 2 fully saturated rings. The predicted molar refractivity (Wildman–Crippen MR) is 128 cm³/mol. The third-order valence-electron chi connectivity index (χ3n) is 6.61. The van der Waals surface area contributed by atoms with Crippen LogP contribution in [0.1, 0.15) is 48.4 Å². The molecule has 5 rings (SSSR count). The molecule has 1 saturated heterocycles. The first kappa shape index (κ1) is 21.6. The lowest BCUT2D eigenvalue weighted by Gasteiger charge is -2.35. The summed E-state index contributed by atoms with van der Waals surface area (Å²) in [6.45, 7) is 4.67. The summed E-state index contributed by atoms with van der Waals surface area (Å²) in [5.41, 5.74) is 1.56. The number of ether oxygens (including phenoxy) is 1. The normalized spacial score (nSPS) is 17.4. The van der Waals surface area contributed by atoms with Gasteiger partial charge in [-0.25, -0.2) is 4.98 Å². The fourth-order valence-corrected chi connectivity index (χ4v) is 4.80. The molecule has 2 aromatic heterocycles. The fraction of sp³-hybridized carbons (Fsp3) is 0.480. The van der Waals surface area contributed by atoms with Crippen molar-refractivity contribution in [2.75, 3.05) is 43.5 Å². The molecule has 3 heterocycles. The van der Waals surface area contributed by atoms with Crippen LogP contribution < -0.4 is 15.0 Å². The Morgan fingerprint density at radius 3 is 2.64 bits per heavy atom. The zero-order chi connectivity index (χ0) is 22.8. The first-order valence-corrected chi connectivity index (χ1v) is 11.8. The summed E-state index contributed by atoms with van der Waals surface area (Å²) < 4.78 is 11.2. The van der Waals surface area contributed by atoms with Crippen molar-refractivity contribution in [3.8, 4) is 5.75 Å². The molecular weight excluding hydrogens is 418 g/mol. The first-order chi connectivity index (χ1) is 16.1. The van der Waals surface area contributed by atoms with Crippen LogP contribution in [0.2, 0.25) is 0 Å². The van der Waals surface area contributed by atoms with E-state index < -0.39 is 0 Å². The van der Waals surface area contributed by atoms with E-state index >= 15 is 0 Å². The van der Waals surface area contributed by atoms with Gasteiger partial charge in [-0.05, 0) is 31.9 Å². The van der Waals surface area contributed by atoms with Crippen molar-refractivity contribution in [1.82, 2.24) is 14.9 Å². The molecular formula is C25H31N5O3. The molecule has 0 unspecified atom stereocenters. The van der Waals surface area contributed by atoms with E-state index in [9.17, 15) is 4.79 Å². The van der Waals surface area contributed by atoms with E-state index in [0.29, 0.717) is 55.3 Å². The van der Waals surface area contributed by atoms with Crippen LogP contribution in [0.3, 0.4) is 0 Å². The van der Waals surface area contributed by atoms with Gasteiger partial charge < -0.3 is 24.3 Å². The lowest BCUT2D eigenvalue weighted by Crippen LogP contribution is -2.49. The Morgan fingerprint density at radius 2 is 1.88 bits per heavy atom. The molecule has 0 bridgehead atoms. The molecule has 1 N–H and O–H groups in total. The number of amides is 1. The molecule has 3 aromatic rings. The summed E-state index contributed by atoms with van der Waals surface area (Å²) in [5, 5.41) is 4.40. The number of piperazine rings is 1. The van der Waals surface area contributed by atoms with Crippen LogP contribution in [0.5, 0.6) is 5.75 Å². The summed E-state index contributed by atoms with van der Waals surface area (Å²) >= 11 is 0. The number of furan rings is 1. The van der Waals surface area contributed by atoms with Crippen molar-refractivity contribution in [2.24, 2.45) is 0 Å². The number of nitrogens with zero attached hydrogens (tertiary/aromatic N) is 4. The maximum absolute atomic E-state index is 13.1. The van der Waals surface area contributed by atoms with Gasteiger partial charge in [0, 0.05) is 49.4 Å². The van der Waals surface area contributed by atoms with E-state index in [1.165, 1.54) is 32.1 Å². The number of anilines is 2. The number of para-hydroxylation sites is 1. The minimum atomic E-state index is -0.0913. The molecule has 1 aliphatic heterocycles. The smallest absolute Gasteiger partial charge is 0.289 e. The molecule has 0 atom stereocenters. The standard InChI is InChI=1S/C25H31N5O3/c1-17-15-22(28-25(26-17)27-19-8-4-3-5-9-19)29-11-13-30(14-12-29)24(31)21-16-18-7-6-10-20(32-2)23(18)33-21/h6-7,10,15-16,19H,3-5,8-9,11-14H2,1-2H3,(H,26,27,28). The Balaban J connectivity index is 1.25. The van der Waals surface area contributed by atoms with Crippen molar-refractivity contribution in [1.29, 1.82) is 0 Å². The van der Waals surface area contributed by atoms with Crippen molar-refractivity contribution in [3.63, 3.8) is 0 Å². The summed E-state index contributed by atoms with van der Waals surface area (Å²) in [4.78, 5) is 26.6. The van der Waals surface area contributed by atoms with Crippen LogP contribution in [0.15, 0.2) is 34.7 Å². The average molecular weight is 450 g/mol. The maximum atomic E-state index is 13.1. The number of carbonyl (C=O) groups is 1. The second kappa shape index (κ2) is 9.29. The van der Waals surface area contributed by atoms with Crippen LogP contribution in [-0.2, 0) is 0 Å². The van der Waals surface area contributed by atoms with Gasteiger partial charge in [-0.3, -0.25) is 4.79 Å². The minimum Gasteiger partial charge on any atom is -0.493 e. The summed E-state index contributed by atoms with van der Waals surface area (Å²) in [5.74, 6) is 2.52. The molecule has 33 heavy (non-hydrogen) atoms. The Morgan fingerprint density at radius 1 is 1.09 bits per heavy atom. The lowest BCUT2D eigenvalue weighted by molar-refractivity contribution is 0.0716. The highest BCUT2D eigenvalue weighted by Crippen LogP contribution is 2.29. The minimum absolute atomic E-state index is 0.0913. The van der Waals surface area contributed by atoms with Crippen molar-refractivity contribution >= 4 is 28.6 Å². The lowest BCUT2D eigenvalue weighted by atomic mass is 9.96. The molecule has 0 spiro atoms. The van der Waals surface area contributed by atoms with E-state index in [1.54, 1.807) is 13.2 Å². The van der Waals surface area contributed by atoms with Gasteiger partial charge in [0.2, 0.25) is 5.95 Å². The van der Waals surface area contributed by atoms with Crippen LogP contribution in [0, 0.1) is 6.92 Å². The van der Waals surface area contributed by atoms with Crippen molar-refractivity contribution in [2.45, 2.75) is 45.1 Å². The topological polar surface area (TPSA) is 83.7 Å². The molecule has 8 heteroatoms. The molecule has 8 nitrogen and oxygen atoms in total. The molecule has 174 valence electrons. The van der Waals surface area contributed by atoms with Gasteiger partial charge >= 0.3 is 0 Å². The van der Waals surface area contributed by atoms with Gasteiger partial charge in [-0.1, -0.05) is 31.4 Å². The predicted octanol–water partition coefficient (Wildman–Crippen LogP) is 4.25. The van der Waals surface area contributed by atoms with Crippen molar-refractivity contribution < 1.29 is 13.9 Å². The zero-order valence-corrected chi connectivity index (χ0v) is 19.3. The third kappa shape index (κ3) is 4.60. The van der Waals surface area contributed by atoms with Crippen molar-refractivity contribution in [3.05, 3.63) is 41.8 Å². The second-order valence-corrected chi connectivity index (χ2v) is 8.94. The number of aromatic nitrogens is 2. The summed E-state index contributed by atoms with van der Waals surface area (Å²) in [6, 6.07) is 9.93. The van der Waals surface area contributed by atoms with Gasteiger partial charge in [0.25, 0.3) is 5.91 Å². The van der Waals surface area contributed by atoms with E-state index in [2.05, 4.69) is 15.2 Å². The largest absolute Gasteiger partial charge is 0.493 e. The molecule has 1 aliphatic carbocycles. The van der Waals surface area contributed by atoms with E-state index in [1.807, 2.05) is 36.1 Å². The highest BCUT2D eigenvalue weighted by molar-refractivity contribution is 5.97. The molecule has 1 amide bonds. The Labute approximate surface area is 193 Å². The SMILES string of the molecule is COc1cccc2cc(C(=O)N3CCN(c4cc(C)nc(NC5CCCCC5)n4)CC3)oc12. The van der Waals surface area contributed by atoms with Crippen LogP contribution >= 0.6 is 0 Å². The highest BCUT2D eigenvalue weighted by Gasteiger charge is 2.26. The molecule has 2 aliphatic rings. The Kier molecular flexibility index (Phi) is 6.07. The van der Waals surface area contributed by atoms with Gasteiger partial charge in [-0.2, -0.15) is 4.98 Å². The first-order valence-electron chi connectivity index (χ1n) is 11.8. The van der Waals surface area contributed by atoms with Gasteiger partial charge in [0.1, 0.15) is 5.82 Å². The van der Waals surface area contributed by atoms with Crippen LogP contribution in [0.25, 0.3) is 11.0 Å². The molecule has 1 aromatic carbocycles. The number of hydrogen-bond donors (Lipinski definition) is 1. The zero-order valence-electron chi connectivity index (χ0n) is 19.3. The van der Waals surface area contributed by atoms with Gasteiger partial charge in [0.15, 0.2) is 17.1 Å². The number of methoxy groups -OCH3 is 1. The number of nitrogens with one attached hydrogen (secondary N) is 1. The summed E-state index contributed by atoms with van der Waals surface area (Å²) in [7, 11) is 1.60. The molecule has 1 saturated carbocycles. The van der Waals surface area contributed by atoms with Crippen LogP contribution in [0.4, 0.5) is 11.8 Å². The highest BCUT2D eigenvalue weighted by atomic mass is 16.5. The number of carbonyl (C=O) groups excluding carboxylic acids is 1. The quantitative estimate of drug-likeness (QED) is 0.623. The molecule has 0 radical (unpaired) electrons. The van der Waals surface area contributed by atoms with Gasteiger partial charge in [-0.15, -0.1) is 0 Å². The second-order valence-electron chi connectivity index (χ2n) is 8.94. The fourth-order valence-electron chi connectivity index (χ4n) is 4.80. The number of aryl methyl sites for hydroxylation is 1. The van der Waals surface area contributed by atoms with E-state index in [0.717, 1.165) is 16.9 Å². The summed E-state index contributed by atoms with van der Waals surface area (Å²) in [6.07, 6.45) is 6.22. The van der Waals surface area contributed by atoms with E-state index in [4.69, 9.17) is 14.1 Å². The number of fused-ring (bicyclic) bond motifs is 1. The third-order valence-corrected chi connectivity index (χ3v) is 6.61. The Bertz CT molecular complexity index is 1130. The van der Waals surface area contributed by atoms with E-state index in [-0.39, 0.29) is 5.91 Å². The van der Waals surface area contributed by atoms with Gasteiger partial charge in [0.05, 0.1) is 7.11 Å². The van der Waals surface area contributed by atoms with Crippen LogP contribution in [-0.4, -0.2) is 60.1 Å². The number of benzene rings is 1. The monoisotopic (exact) mass is 449 g/mol. The number of hydrogen-bond acceptors (Lipinski definition) is 7. The maximum Gasteiger partial charge on any atom is 0.289 e. The number of rotatable bonds is 5. The Hall–Kier alpha value is -3.29.